The van der Waals surface area contributed by atoms with Crippen molar-refractivity contribution in [3.05, 3.63) is 95.2 Å². The first-order valence-electron chi connectivity index (χ1n) is 10.1. The fourth-order valence-corrected chi connectivity index (χ4v) is 4.10. The Balaban J connectivity index is 1.47. The zero-order valence-electron chi connectivity index (χ0n) is 17.9. The predicted molar refractivity (Wildman–Crippen MR) is 125 cm³/mol. The molecule has 0 unspecified atom stereocenters. The van der Waals surface area contributed by atoms with Crippen molar-refractivity contribution in [3.8, 4) is 0 Å². The van der Waals surface area contributed by atoms with Crippen molar-refractivity contribution >= 4 is 40.2 Å². The third-order valence-corrected chi connectivity index (χ3v) is 6.00. The minimum absolute atomic E-state index is 0.123. The van der Waals surface area contributed by atoms with E-state index in [1.54, 1.807) is 18.7 Å². The van der Waals surface area contributed by atoms with E-state index in [-0.39, 0.29) is 5.78 Å². The number of hydrogen-bond donors (Lipinski definition) is 0. The van der Waals surface area contributed by atoms with Crippen LogP contribution in [0.1, 0.15) is 41.1 Å². The number of carbonyl (C=O) groups is 2. The van der Waals surface area contributed by atoms with Crippen LogP contribution >= 0.6 is 11.8 Å². The lowest BCUT2D eigenvalue weighted by Gasteiger charge is -2.05. The van der Waals surface area contributed by atoms with Crippen molar-refractivity contribution in [2.24, 2.45) is 5.16 Å². The molecule has 0 bridgehead atoms. The van der Waals surface area contributed by atoms with E-state index in [1.165, 1.54) is 6.92 Å². The molecule has 6 heteroatoms. The van der Waals surface area contributed by atoms with Gasteiger partial charge in [0.25, 0.3) is 0 Å². The van der Waals surface area contributed by atoms with Gasteiger partial charge in [-0.1, -0.05) is 47.2 Å². The molecule has 4 aromatic rings. The standard InChI is InChI=1S/C26H21NO4S/c1-16-23-6-4-5-7-24(23)30-26(16)25(29)20-10-14-22(15-11-20)32-21-12-8-19(9-13-21)17(2)27-31-18(3)28/h4-15H,1-3H3/b27-17+. The highest BCUT2D eigenvalue weighted by Gasteiger charge is 2.19. The second-order valence-electron chi connectivity index (χ2n) is 7.29. The summed E-state index contributed by atoms with van der Waals surface area (Å²) in [6.45, 7) is 5.00. The number of furan rings is 1. The Morgan fingerprint density at radius 2 is 1.44 bits per heavy atom. The minimum atomic E-state index is -0.450. The number of benzene rings is 3. The highest BCUT2D eigenvalue weighted by Crippen LogP contribution is 2.30. The van der Waals surface area contributed by atoms with Gasteiger partial charge in [0.15, 0.2) is 5.76 Å². The van der Waals surface area contributed by atoms with E-state index in [2.05, 4.69) is 9.99 Å². The van der Waals surface area contributed by atoms with Crippen LogP contribution in [0.15, 0.2) is 92.2 Å². The smallest absolute Gasteiger partial charge is 0.331 e. The fraction of sp³-hybridized carbons (Fsp3) is 0.115. The van der Waals surface area contributed by atoms with E-state index in [4.69, 9.17) is 4.42 Å². The van der Waals surface area contributed by atoms with Gasteiger partial charge in [0.2, 0.25) is 5.78 Å². The number of nitrogens with zero attached hydrogens (tertiary/aromatic N) is 1. The van der Waals surface area contributed by atoms with Gasteiger partial charge in [0.1, 0.15) is 5.58 Å². The van der Waals surface area contributed by atoms with Gasteiger partial charge in [-0.3, -0.25) is 4.79 Å². The summed E-state index contributed by atoms with van der Waals surface area (Å²) in [7, 11) is 0. The SMILES string of the molecule is CC(=O)O/N=C(\C)c1ccc(Sc2ccc(C(=O)c3oc4ccccc4c3C)cc2)cc1. The first kappa shape index (κ1) is 21.6. The normalized spacial score (nSPS) is 11.5. The van der Waals surface area contributed by atoms with Crippen molar-refractivity contribution in [1.82, 2.24) is 0 Å². The van der Waals surface area contributed by atoms with Crippen molar-refractivity contribution in [3.63, 3.8) is 0 Å². The monoisotopic (exact) mass is 443 g/mol. The van der Waals surface area contributed by atoms with Gasteiger partial charge in [-0.15, -0.1) is 0 Å². The molecule has 0 amide bonds. The van der Waals surface area contributed by atoms with Crippen LogP contribution in [0.4, 0.5) is 0 Å². The molecular weight excluding hydrogens is 422 g/mol. The van der Waals surface area contributed by atoms with E-state index in [0.717, 1.165) is 31.9 Å². The Kier molecular flexibility index (Phi) is 6.23. The fourth-order valence-electron chi connectivity index (χ4n) is 3.28. The third kappa shape index (κ3) is 4.65. The summed E-state index contributed by atoms with van der Waals surface area (Å²) >= 11 is 1.59. The molecule has 0 spiro atoms. The molecule has 0 fully saturated rings. The molecule has 32 heavy (non-hydrogen) atoms. The van der Waals surface area contributed by atoms with Gasteiger partial charge >= 0.3 is 5.97 Å². The number of para-hydroxylation sites is 1. The summed E-state index contributed by atoms with van der Waals surface area (Å²) in [5, 5.41) is 4.76. The zero-order valence-corrected chi connectivity index (χ0v) is 18.7. The number of rotatable bonds is 6. The van der Waals surface area contributed by atoms with E-state index >= 15 is 0 Å². The second-order valence-corrected chi connectivity index (χ2v) is 8.44. The van der Waals surface area contributed by atoms with E-state index in [1.807, 2.05) is 79.7 Å². The average Bonchev–Trinajstić information content (AvgIpc) is 3.14. The van der Waals surface area contributed by atoms with Gasteiger partial charge in [0.05, 0.1) is 5.71 Å². The lowest BCUT2D eigenvalue weighted by Crippen LogP contribution is -2.01. The predicted octanol–water partition coefficient (Wildman–Crippen LogP) is 6.41. The number of ketones is 1. The quantitative estimate of drug-likeness (QED) is 0.149. The maximum absolute atomic E-state index is 13.0. The minimum Gasteiger partial charge on any atom is -0.452 e. The third-order valence-electron chi connectivity index (χ3n) is 4.99. The Hall–Kier alpha value is -3.64. The van der Waals surface area contributed by atoms with Crippen LogP contribution in [0.3, 0.4) is 0 Å². The number of aryl methyl sites for hydroxylation is 1. The molecule has 1 heterocycles. The number of carbonyl (C=O) groups excluding carboxylic acids is 2. The van der Waals surface area contributed by atoms with Crippen LogP contribution in [-0.2, 0) is 9.63 Å². The molecule has 0 saturated carbocycles. The van der Waals surface area contributed by atoms with E-state index < -0.39 is 5.97 Å². The summed E-state index contributed by atoms with van der Waals surface area (Å²) in [4.78, 5) is 30.6. The Morgan fingerprint density at radius 1 is 0.844 bits per heavy atom. The van der Waals surface area contributed by atoms with Crippen molar-refractivity contribution in [2.45, 2.75) is 30.6 Å². The molecule has 160 valence electrons. The molecule has 0 atom stereocenters. The molecule has 0 N–H and O–H groups in total. The lowest BCUT2D eigenvalue weighted by molar-refractivity contribution is -0.140. The number of oxime groups is 1. The molecule has 4 rings (SSSR count). The largest absolute Gasteiger partial charge is 0.452 e. The van der Waals surface area contributed by atoms with Crippen LogP contribution < -0.4 is 0 Å². The van der Waals surface area contributed by atoms with Crippen LogP contribution in [0.25, 0.3) is 11.0 Å². The molecule has 0 radical (unpaired) electrons. The van der Waals surface area contributed by atoms with E-state index in [9.17, 15) is 9.59 Å². The molecule has 1 aromatic heterocycles. The highest BCUT2D eigenvalue weighted by molar-refractivity contribution is 7.99. The summed E-state index contributed by atoms with van der Waals surface area (Å²) in [6, 6.07) is 23.0. The molecule has 5 nitrogen and oxygen atoms in total. The Morgan fingerprint density at radius 3 is 2.03 bits per heavy atom. The lowest BCUT2D eigenvalue weighted by atomic mass is 10.1. The van der Waals surface area contributed by atoms with Crippen LogP contribution in [-0.4, -0.2) is 17.5 Å². The Labute approximate surface area is 190 Å². The van der Waals surface area contributed by atoms with Crippen molar-refractivity contribution in [2.75, 3.05) is 0 Å². The topological polar surface area (TPSA) is 68.9 Å². The van der Waals surface area contributed by atoms with Gasteiger partial charge in [-0.25, -0.2) is 4.79 Å². The first-order valence-corrected chi connectivity index (χ1v) is 10.9. The summed E-state index contributed by atoms with van der Waals surface area (Å²) in [5.41, 5.74) is 3.66. The zero-order chi connectivity index (χ0) is 22.7. The van der Waals surface area contributed by atoms with Gasteiger partial charge in [-0.05, 0) is 61.9 Å². The number of fused-ring (bicyclic) bond motifs is 1. The van der Waals surface area contributed by atoms with Crippen molar-refractivity contribution in [1.29, 1.82) is 0 Å². The average molecular weight is 444 g/mol. The Bertz CT molecular complexity index is 1320. The van der Waals surface area contributed by atoms with Crippen molar-refractivity contribution < 1.29 is 18.8 Å². The maximum Gasteiger partial charge on any atom is 0.331 e. The molecule has 0 aliphatic carbocycles. The van der Waals surface area contributed by atoms with Crippen LogP contribution in [0, 0.1) is 6.92 Å². The van der Waals surface area contributed by atoms with Crippen LogP contribution in [0.2, 0.25) is 0 Å². The molecular formula is C26H21NO4S. The highest BCUT2D eigenvalue weighted by atomic mass is 32.2. The van der Waals surface area contributed by atoms with Gasteiger partial charge in [0, 0.05) is 33.2 Å². The summed E-state index contributed by atoms with van der Waals surface area (Å²) < 4.78 is 5.81. The van der Waals surface area contributed by atoms with Gasteiger partial charge in [-0.2, -0.15) is 0 Å². The first-order chi connectivity index (χ1) is 15.4. The van der Waals surface area contributed by atoms with E-state index in [0.29, 0.717) is 17.0 Å². The second kappa shape index (κ2) is 9.24. The van der Waals surface area contributed by atoms with Gasteiger partial charge < -0.3 is 9.25 Å². The molecule has 3 aromatic carbocycles. The summed E-state index contributed by atoms with van der Waals surface area (Å²) in [5.74, 6) is -0.191. The number of hydrogen-bond acceptors (Lipinski definition) is 6. The molecule has 0 aliphatic heterocycles. The summed E-state index contributed by atoms with van der Waals surface area (Å²) in [6.07, 6.45) is 0. The maximum atomic E-state index is 13.0. The van der Waals surface area contributed by atoms with Crippen LogP contribution in [0.5, 0.6) is 0 Å². The molecule has 0 aliphatic rings. The molecule has 0 saturated heterocycles.